The summed E-state index contributed by atoms with van der Waals surface area (Å²) in [6, 6.07) is 5.48. The SMILES string of the molecule is Cl.O=C1CC2(CCCCC2)C(=O)N1CCCN1CCN(c2cccc(C(F)(F)F)c2)CC1. The van der Waals surface area contributed by atoms with Gasteiger partial charge in [-0.1, -0.05) is 25.3 Å². The van der Waals surface area contributed by atoms with Gasteiger partial charge in [0.05, 0.1) is 11.0 Å². The Hall–Kier alpha value is -1.80. The van der Waals surface area contributed by atoms with E-state index in [9.17, 15) is 22.8 Å². The first kappa shape index (κ1) is 24.8. The molecule has 0 N–H and O–H groups in total. The summed E-state index contributed by atoms with van der Waals surface area (Å²) in [5.74, 6) is 0.00725. The molecule has 9 heteroatoms. The summed E-state index contributed by atoms with van der Waals surface area (Å²) in [5, 5.41) is 0. The summed E-state index contributed by atoms with van der Waals surface area (Å²) >= 11 is 0. The smallest absolute Gasteiger partial charge is 0.369 e. The minimum Gasteiger partial charge on any atom is -0.369 e. The maximum Gasteiger partial charge on any atom is 0.416 e. The van der Waals surface area contributed by atoms with Crippen molar-refractivity contribution in [1.82, 2.24) is 9.80 Å². The molecule has 2 saturated heterocycles. The fraction of sp³-hybridized carbons (Fsp3) is 0.652. The first-order valence-electron chi connectivity index (χ1n) is 11.3. The maximum atomic E-state index is 13.0. The van der Waals surface area contributed by atoms with Crippen LogP contribution in [-0.2, 0) is 15.8 Å². The second kappa shape index (κ2) is 10.00. The Bertz CT molecular complexity index is 819. The summed E-state index contributed by atoms with van der Waals surface area (Å²) in [6.45, 7) is 4.07. The molecule has 5 nitrogen and oxygen atoms in total. The van der Waals surface area contributed by atoms with Crippen molar-refractivity contribution in [2.45, 2.75) is 51.1 Å². The molecule has 1 saturated carbocycles. The second-order valence-corrected chi connectivity index (χ2v) is 9.10. The highest BCUT2D eigenvalue weighted by atomic mass is 35.5. The minimum atomic E-state index is -4.33. The molecule has 0 atom stereocenters. The first-order chi connectivity index (χ1) is 14.8. The molecule has 0 bridgehead atoms. The Morgan fingerprint density at radius 3 is 2.28 bits per heavy atom. The molecule has 2 amide bonds. The van der Waals surface area contributed by atoms with Gasteiger partial charge >= 0.3 is 6.18 Å². The third kappa shape index (κ3) is 5.22. The number of nitrogens with zero attached hydrogens (tertiary/aromatic N) is 3. The average molecular weight is 474 g/mol. The van der Waals surface area contributed by atoms with Crippen molar-refractivity contribution >= 4 is 29.9 Å². The lowest BCUT2D eigenvalue weighted by molar-refractivity contribution is -0.142. The molecular formula is C23H31ClF3N3O2. The zero-order valence-electron chi connectivity index (χ0n) is 18.2. The predicted molar refractivity (Wildman–Crippen MR) is 119 cm³/mol. The van der Waals surface area contributed by atoms with Crippen LogP contribution in [0.15, 0.2) is 24.3 Å². The van der Waals surface area contributed by atoms with Gasteiger partial charge in [-0.15, -0.1) is 12.4 Å². The Morgan fingerprint density at radius 2 is 1.62 bits per heavy atom. The number of piperazine rings is 1. The highest BCUT2D eigenvalue weighted by Crippen LogP contribution is 2.45. The Labute approximate surface area is 193 Å². The van der Waals surface area contributed by atoms with Crippen LogP contribution in [0.25, 0.3) is 0 Å². The van der Waals surface area contributed by atoms with Crippen LogP contribution in [0.4, 0.5) is 18.9 Å². The molecule has 0 aromatic heterocycles. The van der Waals surface area contributed by atoms with Crippen LogP contribution in [-0.4, -0.2) is 60.9 Å². The molecule has 1 spiro atoms. The fourth-order valence-electron chi connectivity index (χ4n) is 5.27. The number of anilines is 1. The first-order valence-corrected chi connectivity index (χ1v) is 11.3. The van der Waals surface area contributed by atoms with Gasteiger partial charge in [0.15, 0.2) is 0 Å². The monoisotopic (exact) mass is 473 g/mol. The number of imide groups is 1. The summed E-state index contributed by atoms with van der Waals surface area (Å²) in [7, 11) is 0. The molecule has 4 rings (SSSR count). The summed E-state index contributed by atoms with van der Waals surface area (Å²) in [6.07, 6.45) is 1.66. The molecule has 2 heterocycles. The van der Waals surface area contributed by atoms with Crippen molar-refractivity contribution in [2.24, 2.45) is 5.41 Å². The Kier molecular flexibility index (Phi) is 7.76. The van der Waals surface area contributed by atoms with E-state index >= 15 is 0 Å². The van der Waals surface area contributed by atoms with E-state index in [-0.39, 0.29) is 24.2 Å². The second-order valence-electron chi connectivity index (χ2n) is 9.10. The predicted octanol–water partition coefficient (Wildman–Crippen LogP) is 4.35. The van der Waals surface area contributed by atoms with Gasteiger partial charge in [0.2, 0.25) is 11.8 Å². The lowest BCUT2D eigenvalue weighted by Crippen LogP contribution is -2.47. The van der Waals surface area contributed by atoms with Crippen LogP contribution in [0.1, 0.15) is 50.5 Å². The quantitative estimate of drug-likeness (QED) is 0.596. The largest absolute Gasteiger partial charge is 0.416 e. The van der Waals surface area contributed by atoms with Crippen LogP contribution in [0.3, 0.4) is 0 Å². The van der Waals surface area contributed by atoms with Crippen molar-refractivity contribution in [2.75, 3.05) is 44.2 Å². The molecule has 178 valence electrons. The lowest BCUT2D eigenvalue weighted by atomic mass is 9.73. The highest BCUT2D eigenvalue weighted by molar-refractivity contribution is 6.05. The maximum absolute atomic E-state index is 13.0. The topological polar surface area (TPSA) is 43.9 Å². The zero-order valence-corrected chi connectivity index (χ0v) is 19.0. The summed E-state index contributed by atoms with van der Waals surface area (Å²) in [4.78, 5) is 31.0. The number of rotatable bonds is 5. The van der Waals surface area contributed by atoms with E-state index in [1.165, 1.54) is 17.0 Å². The molecule has 32 heavy (non-hydrogen) atoms. The van der Waals surface area contributed by atoms with E-state index in [1.807, 2.05) is 4.90 Å². The van der Waals surface area contributed by atoms with Crippen molar-refractivity contribution < 1.29 is 22.8 Å². The number of amides is 2. The number of benzene rings is 1. The average Bonchev–Trinajstić information content (AvgIpc) is 2.98. The Balaban J connectivity index is 0.00000289. The van der Waals surface area contributed by atoms with Gasteiger partial charge in [-0.25, -0.2) is 0 Å². The van der Waals surface area contributed by atoms with Crippen molar-refractivity contribution in [3.05, 3.63) is 29.8 Å². The number of halogens is 4. The highest BCUT2D eigenvalue weighted by Gasteiger charge is 2.51. The number of alkyl halides is 3. The minimum absolute atomic E-state index is 0. The van der Waals surface area contributed by atoms with Gasteiger partial charge in [-0.3, -0.25) is 19.4 Å². The molecule has 0 radical (unpaired) electrons. The van der Waals surface area contributed by atoms with Crippen molar-refractivity contribution in [1.29, 1.82) is 0 Å². The normalized spacial score (nSPS) is 21.8. The van der Waals surface area contributed by atoms with Gasteiger partial charge in [0.1, 0.15) is 0 Å². The van der Waals surface area contributed by atoms with E-state index in [2.05, 4.69) is 4.90 Å². The molecular weight excluding hydrogens is 443 g/mol. The van der Waals surface area contributed by atoms with E-state index in [0.717, 1.165) is 64.2 Å². The van der Waals surface area contributed by atoms with Crippen LogP contribution >= 0.6 is 12.4 Å². The van der Waals surface area contributed by atoms with E-state index < -0.39 is 17.2 Å². The molecule has 3 aliphatic rings. The standard InChI is InChI=1S/C23H30F3N3O2.ClH/c24-23(25,26)18-6-4-7-19(16-18)28-14-12-27(13-15-28)10-5-11-29-20(30)17-22(21(29)31)8-2-1-3-9-22;/h4,6-7,16H,1-3,5,8-15,17H2;1H. The van der Waals surface area contributed by atoms with Crippen molar-refractivity contribution in [3.63, 3.8) is 0 Å². The summed E-state index contributed by atoms with van der Waals surface area (Å²) < 4.78 is 38.9. The number of hydrogen-bond acceptors (Lipinski definition) is 4. The molecule has 2 aliphatic heterocycles. The van der Waals surface area contributed by atoms with Crippen LogP contribution in [0, 0.1) is 5.41 Å². The molecule has 0 unspecified atom stereocenters. The van der Waals surface area contributed by atoms with E-state index in [1.54, 1.807) is 6.07 Å². The molecule has 1 aromatic carbocycles. The molecule has 1 aromatic rings. The zero-order chi connectivity index (χ0) is 22.1. The number of carbonyl (C=O) groups is 2. The number of likely N-dealkylation sites (tertiary alicyclic amines) is 1. The summed E-state index contributed by atoms with van der Waals surface area (Å²) in [5.41, 5.74) is -0.449. The van der Waals surface area contributed by atoms with Crippen molar-refractivity contribution in [3.8, 4) is 0 Å². The van der Waals surface area contributed by atoms with Gasteiger partial charge in [0, 0.05) is 44.8 Å². The van der Waals surface area contributed by atoms with Crippen LogP contribution in [0.5, 0.6) is 0 Å². The lowest BCUT2D eigenvalue weighted by Gasteiger charge is -2.36. The third-order valence-electron chi connectivity index (χ3n) is 7.07. The van der Waals surface area contributed by atoms with Gasteiger partial charge in [-0.2, -0.15) is 13.2 Å². The Morgan fingerprint density at radius 1 is 0.938 bits per heavy atom. The van der Waals surface area contributed by atoms with E-state index in [4.69, 9.17) is 0 Å². The molecule has 1 aliphatic carbocycles. The molecule has 3 fully saturated rings. The van der Waals surface area contributed by atoms with Gasteiger partial charge in [-0.05, 0) is 44.0 Å². The van der Waals surface area contributed by atoms with E-state index in [0.29, 0.717) is 31.7 Å². The number of hydrogen-bond donors (Lipinski definition) is 0. The third-order valence-corrected chi connectivity index (χ3v) is 7.07. The fourth-order valence-corrected chi connectivity index (χ4v) is 5.27. The van der Waals surface area contributed by atoms with Gasteiger partial charge in [0.25, 0.3) is 0 Å². The number of carbonyl (C=O) groups excluding carboxylic acids is 2. The van der Waals surface area contributed by atoms with Gasteiger partial charge < -0.3 is 4.90 Å². The van der Waals surface area contributed by atoms with Crippen LogP contribution in [0.2, 0.25) is 0 Å². The van der Waals surface area contributed by atoms with Crippen LogP contribution < -0.4 is 4.90 Å².